The van der Waals surface area contributed by atoms with Crippen molar-refractivity contribution in [2.45, 2.75) is 44.7 Å². The Morgan fingerprint density at radius 2 is 1.95 bits per heavy atom. The summed E-state index contributed by atoms with van der Waals surface area (Å²) >= 11 is 0. The van der Waals surface area contributed by atoms with Crippen LogP contribution >= 0.6 is 0 Å². The summed E-state index contributed by atoms with van der Waals surface area (Å²) in [5, 5.41) is -0.615. The lowest BCUT2D eigenvalue weighted by Gasteiger charge is -2.18. The van der Waals surface area contributed by atoms with E-state index in [9.17, 15) is 21.6 Å². The van der Waals surface area contributed by atoms with E-state index in [1.807, 2.05) is 0 Å². The van der Waals surface area contributed by atoms with Crippen molar-refractivity contribution in [2.24, 2.45) is 0 Å². The maximum atomic E-state index is 12.6. The quantitative estimate of drug-likeness (QED) is 0.909. The third kappa shape index (κ3) is 4.17. The number of alkyl halides is 3. The molecule has 0 aliphatic heterocycles. The maximum absolute atomic E-state index is 12.6. The highest BCUT2D eigenvalue weighted by atomic mass is 32.2. The molecule has 8 heteroatoms. The van der Waals surface area contributed by atoms with Crippen LogP contribution in [0.15, 0.2) is 18.3 Å². The summed E-state index contributed by atoms with van der Waals surface area (Å²) in [5.74, 6) is 0. The minimum absolute atomic E-state index is 0.0340. The number of hydrogen-bond donors (Lipinski definition) is 1. The first-order valence-corrected chi connectivity index (χ1v) is 7.66. The zero-order valence-corrected chi connectivity index (χ0v) is 12.2. The molecule has 0 amide bonds. The Morgan fingerprint density at radius 3 is 2.45 bits per heavy atom. The number of aromatic nitrogens is 1. The number of pyridine rings is 1. The van der Waals surface area contributed by atoms with Gasteiger partial charge in [0.1, 0.15) is 0 Å². The molecular weight excluding hydrogens is 293 g/mol. The topological polar surface area (TPSA) is 59.1 Å². The van der Waals surface area contributed by atoms with Gasteiger partial charge < -0.3 is 0 Å². The smallest absolute Gasteiger partial charge is 0.260 e. The van der Waals surface area contributed by atoms with Crippen molar-refractivity contribution in [3.8, 4) is 0 Å². The van der Waals surface area contributed by atoms with Gasteiger partial charge in [-0.25, -0.2) is 13.1 Å². The molecular formula is C12H17F3N2O2S. The Kier molecular flexibility index (Phi) is 5.15. The number of nitrogens with zero attached hydrogens (tertiary/aromatic N) is 1. The molecule has 1 heterocycles. The van der Waals surface area contributed by atoms with Crippen LogP contribution in [0, 0.1) is 0 Å². The fourth-order valence-corrected chi connectivity index (χ4v) is 2.79. The van der Waals surface area contributed by atoms with Crippen LogP contribution in [0.1, 0.15) is 44.5 Å². The summed E-state index contributed by atoms with van der Waals surface area (Å²) in [4.78, 5) is 3.80. The zero-order valence-electron chi connectivity index (χ0n) is 11.4. The van der Waals surface area contributed by atoms with Crippen LogP contribution in [0.3, 0.4) is 0 Å². The van der Waals surface area contributed by atoms with E-state index in [0.29, 0.717) is 6.42 Å². The first-order valence-electron chi connectivity index (χ1n) is 6.12. The van der Waals surface area contributed by atoms with Gasteiger partial charge in [-0.3, -0.25) is 4.98 Å². The van der Waals surface area contributed by atoms with Gasteiger partial charge in [-0.2, -0.15) is 13.2 Å². The fourth-order valence-electron chi connectivity index (χ4n) is 1.50. The average molecular weight is 310 g/mol. The third-order valence-corrected chi connectivity index (χ3v) is 5.07. The molecule has 1 N–H and O–H groups in total. The van der Waals surface area contributed by atoms with E-state index in [4.69, 9.17) is 0 Å². The van der Waals surface area contributed by atoms with Crippen molar-refractivity contribution in [1.29, 1.82) is 0 Å². The van der Waals surface area contributed by atoms with Crippen molar-refractivity contribution in [2.75, 3.05) is 0 Å². The highest BCUT2D eigenvalue weighted by Gasteiger charge is 2.31. The van der Waals surface area contributed by atoms with Crippen LogP contribution < -0.4 is 4.72 Å². The average Bonchev–Trinajstić information content (AvgIpc) is 2.36. The molecule has 0 bridgehead atoms. The minimum atomic E-state index is -4.48. The molecule has 114 valence electrons. The van der Waals surface area contributed by atoms with Crippen molar-refractivity contribution >= 4 is 10.0 Å². The molecule has 1 unspecified atom stereocenters. The lowest BCUT2D eigenvalue weighted by atomic mass is 10.1. The van der Waals surface area contributed by atoms with Gasteiger partial charge in [0.05, 0.1) is 22.5 Å². The number of rotatable bonds is 5. The Morgan fingerprint density at radius 1 is 1.35 bits per heavy atom. The normalized spacial score (nSPS) is 15.9. The van der Waals surface area contributed by atoms with E-state index in [0.717, 1.165) is 18.3 Å². The second-order valence-electron chi connectivity index (χ2n) is 4.57. The number of sulfonamides is 1. The molecule has 0 aliphatic carbocycles. The van der Waals surface area contributed by atoms with E-state index in [1.165, 1.54) is 13.8 Å². The highest BCUT2D eigenvalue weighted by molar-refractivity contribution is 7.90. The minimum Gasteiger partial charge on any atom is -0.260 e. The van der Waals surface area contributed by atoms with Crippen molar-refractivity contribution in [3.05, 3.63) is 29.6 Å². The molecule has 0 aliphatic rings. The monoisotopic (exact) mass is 310 g/mol. The van der Waals surface area contributed by atoms with Gasteiger partial charge in [0, 0.05) is 6.20 Å². The summed E-state index contributed by atoms with van der Waals surface area (Å²) in [6.07, 6.45) is -3.04. The van der Waals surface area contributed by atoms with E-state index in [1.54, 1.807) is 6.92 Å². The molecule has 0 fully saturated rings. The molecule has 1 rings (SSSR count). The summed E-state index contributed by atoms with van der Waals surface area (Å²) in [5.41, 5.74) is -0.816. The highest BCUT2D eigenvalue weighted by Crippen LogP contribution is 2.30. The van der Waals surface area contributed by atoms with Crippen LogP contribution in [-0.4, -0.2) is 18.7 Å². The first kappa shape index (κ1) is 16.9. The van der Waals surface area contributed by atoms with E-state index in [2.05, 4.69) is 9.71 Å². The molecule has 20 heavy (non-hydrogen) atoms. The van der Waals surface area contributed by atoms with Crippen molar-refractivity contribution in [3.63, 3.8) is 0 Å². The molecule has 2 atom stereocenters. The molecule has 0 saturated heterocycles. The van der Waals surface area contributed by atoms with E-state index >= 15 is 0 Å². The summed E-state index contributed by atoms with van der Waals surface area (Å²) < 4.78 is 63.8. The van der Waals surface area contributed by atoms with Crippen molar-refractivity contribution in [1.82, 2.24) is 9.71 Å². The molecule has 0 spiro atoms. The van der Waals surface area contributed by atoms with Crippen molar-refractivity contribution < 1.29 is 21.6 Å². The first-order chi connectivity index (χ1) is 9.08. The summed E-state index contributed by atoms with van der Waals surface area (Å²) in [6, 6.07) is 0.875. The van der Waals surface area contributed by atoms with Gasteiger partial charge in [0.25, 0.3) is 0 Å². The third-order valence-electron chi connectivity index (χ3n) is 3.00. The Hall–Kier alpha value is -1.15. The molecule has 0 aromatic carbocycles. The largest absolute Gasteiger partial charge is 0.416 e. The molecule has 1 aromatic rings. The maximum Gasteiger partial charge on any atom is 0.416 e. The summed E-state index contributed by atoms with van der Waals surface area (Å²) in [7, 11) is -3.58. The molecule has 1 aromatic heterocycles. The van der Waals surface area contributed by atoms with Crippen LogP contribution in [-0.2, 0) is 16.2 Å². The second kappa shape index (κ2) is 6.09. The van der Waals surface area contributed by atoms with Gasteiger partial charge >= 0.3 is 6.18 Å². The predicted molar refractivity (Wildman–Crippen MR) is 69.5 cm³/mol. The molecule has 0 saturated carbocycles. The van der Waals surface area contributed by atoms with E-state index in [-0.39, 0.29) is 5.69 Å². The Labute approximate surface area is 116 Å². The summed E-state index contributed by atoms with van der Waals surface area (Å²) in [6.45, 7) is 4.72. The van der Waals surface area contributed by atoms with Gasteiger partial charge in [0.2, 0.25) is 10.0 Å². The standard InChI is InChI=1S/C12H17F3N2O2S/c1-4-8(2)20(18,19)17-9(3)11-7-10(5-6-16-11)12(13,14)15/h5-9,17H,4H2,1-3H3/t8?,9-/m1/s1. The van der Waals surface area contributed by atoms with Crippen LogP contribution in [0.4, 0.5) is 13.2 Å². The van der Waals surface area contributed by atoms with Crippen LogP contribution in [0.5, 0.6) is 0 Å². The van der Waals surface area contributed by atoms with Gasteiger partial charge in [-0.05, 0) is 32.4 Å². The van der Waals surface area contributed by atoms with E-state index < -0.39 is 33.1 Å². The lowest BCUT2D eigenvalue weighted by Crippen LogP contribution is -2.34. The molecule has 0 radical (unpaired) electrons. The van der Waals surface area contributed by atoms with Crippen LogP contribution in [0.25, 0.3) is 0 Å². The van der Waals surface area contributed by atoms with Gasteiger partial charge in [-0.1, -0.05) is 6.92 Å². The number of nitrogens with one attached hydrogen (secondary N) is 1. The Balaban J connectivity index is 2.97. The second-order valence-corrected chi connectivity index (χ2v) is 6.70. The Bertz CT molecular complexity index is 558. The SMILES string of the molecule is CCC(C)S(=O)(=O)N[C@H](C)c1cc(C(F)(F)F)ccn1. The lowest BCUT2D eigenvalue weighted by molar-refractivity contribution is -0.137. The van der Waals surface area contributed by atoms with Crippen LogP contribution in [0.2, 0.25) is 0 Å². The number of halogens is 3. The number of hydrogen-bond acceptors (Lipinski definition) is 3. The predicted octanol–water partition coefficient (Wildman–Crippen LogP) is 2.88. The zero-order chi connectivity index (χ0) is 15.6. The van der Waals surface area contributed by atoms with Gasteiger partial charge in [-0.15, -0.1) is 0 Å². The van der Waals surface area contributed by atoms with Gasteiger partial charge in [0.15, 0.2) is 0 Å². The fraction of sp³-hybridized carbons (Fsp3) is 0.583. The molecule has 4 nitrogen and oxygen atoms in total.